The van der Waals surface area contributed by atoms with Crippen molar-refractivity contribution in [2.24, 2.45) is 5.92 Å². The first kappa shape index (κ1) is 18.4. The van der Waals surface area contributed by atoms with E-state index in [2.05, 4.69) is 30.2 Å². The summed E-state index contributed by atoms with van der Waals surface area (Å²) < 4.78 is 23.8. The molecule has 5 nitrogen and oxygen atoms in total. The summed E-state index contributed by atoms with van der Waals surface area (Å²) >= 11 is 5.40. The Balaban J connectivity index is 1.65. The van der Waals surface area contributed by atoms with Crippen LogP contribution in [0.2, 0.25) is 0 Å². The summed E-state index contributed by atoms with van der Waals surface area (Å²) in [5, 5.41) is 0.639. The molecule has 2 aliphatic carbocycles. The number of likely N-dealkylation sites (N-methyl/N-ethyl adjacent to an activating group) is 1. The Bertz CT molecular complexity index is 840. The van der Waals surface area contributed by atoms with Gasteiger partial charge in [-0.2, -0.15) is 0 Å². The van der Waals surface area contributed by atoms with Crippen LogP contribution in [-0.4, -0.2) is 55.7 Å². The minimum absolute atomic E-state index is 0.0741. The van der Waals surface area contributed by atoms with Crippen molar-refractivity contribution in [1.82, 2.24) is 4.90 Å². The molecule has 2 heterocycles. The van der Waals surface area contributed by atoms with Gasteiger partial charge in [0.05, 0.1) is 0 Å². The molecule has 0 amide bonds. The summed E-state index contributed by atoms with van der Waals surface area (Å²) in [7, 11) is 3.88. The minimum atomic E-state index is -0.165. The van der Waals surface area contributed by atoms with E-state index in [1.165, 1.54) is 11.1 Å². The van der Waals surface area contributed by atoms with Gasteiger partial charge in [-0.25, -0.2) is 0 Å². The Hall–Kier alpha value is -1.63. The first-order valence-corrected chi connectivity index (χ1v) is 10.5. The zero-order valence-corrected chi connectivity index (χ0v) is 17.5. The van der Waals surface area contributed by atoms with Crippen LogP contribution in [0, 0.1) is 5.92 Å². The van der Waals surface area contributed by atoms with Gasteiger partial charge in [0.25, 0.3) is 0 Å². The second-order valence-electron chi connectivity index (χ2n) is 8.28. The van der Waals surface area contributed by atoms with Crippen LogP contribution in [0.25, 0.3) is 0 Å². The third-order valence-corrected chi connectivity index (χ3v) is 7.39. The topological polar surface area (TPSA) is 40.2 Å². The smallest absolute Gasteiger partial charge is 0.188 e. The number of nitrogens with zero attached hydrogens (tertiary/aromatic N) is 1. The molecular weight excluding hydrogens is 374 g/mol. The summed E-state index contributed by atoms with van der Waals surface area (Å²) in [6.07, 6.45) is 7.11. The van der Waals surface area contributed by atoms with Crippen LogP contribution in [-0.2, 0) is 21.3 Å². The Morgan fingerprint density at radius 2 is 2.21 bits per heavy atom. The molecule has 1 aromatic rings. The molecule has 150 valence electrons. The van der Waals surface area contributed by atoms with E-state index >= 15 is 0 Å². The third kappa shape index (κ3) is 2.41. The van der Waals surface area contributed by atoms with Gasteiger partial charge in [0.2, 0.25) is 0 Å². The van der Waals surface area contributed by atoms with Crippen LogP contribution in [0.1, 0.15) is 30.9 Å². The lowest BCUT2D eigenvalue weighted by atomic mass is 9.53. The molecule has 5 rings (SSSR count). The van der Waals surface area contributed by atoms with Crippen molar-refractivity contribution >= 4 is 17.3 Å². The largest absolute Gasteiger partial charge is 0.481 e. The molecule has 0 unspecified atom stereocenters. The summed E-state index contributed by atoms with van der Waals surface area (Å²) in [5.74, 6) is 2.06. The van der Waals surface area contributed by atoms with Gasteiger partial charge in [0.1, 0.15) is 6.10 Å². The number of ether oxygens (including phenoxy) is 4. The predicted molar refractivity (Wildman–Crippen MR) is 110 cm³/mol. The molecule has 0 saturated carbocycles. The fourth-order valence-electron chi connectivity index (χ4n) is 5.78. The summed E-state index contributed by atoms with van der Waals surface area (Å²) in [5.41, 5.74) is 2.64. The van der Waals surface area contributed by atoms with Crippen molar-refractivity contribution in [1.29, 1.82) is 0 Å². The molecule has 4 aliphatic rings. The molecule has 0 radical (unpaired) electrons. The number of benzene rings is 1. The Labute approximate surface area is 171 Å². The molecule has 5 atom stereocenters. The molecule has 6 heteroatoms. The molecule has 0 aromatic heterocycles. The van der Waals surface area contributed by atoms with Crippen molar-refractivity contribution in [3.05, 3.63) is 35.4 Å². The van der Waals surface area contributed by atoms with Gasteiger partial charge < -0.3 is 23.8 Å². The number of rotatable bonds is 5. The Morgan fingerprint density at radius 3 is 3.00 bits per heavy atom. The molecule has 2 aliphatic heterocycles. The lowest BCUT2D eigenvalue weighted by Crippen LogP contribution is -2.65. The van der Waals surface area contributed by atoms with Crippen LogP contribution in [0.5, 0.6) is 11.5 Å². The first-order valence-electron chi connectivity index (χ1n) is 10.1. The molecular formula is C22H27NO4S. The van der Waals surface area contributed by atoms with Gasteiger partial charge in [-0.3, -0.25) is 0 Å². The van der Waals surface area contributed by atoms with Gasteiger partial charge in [-0.1, -0.05) is 19.1 Å². The Morgan fingerprint density at radius 1 is 1.36 bits per heavy atom. The fraction of sp³-hybridized carbons (Fsp3) is 0.591. The summed E-state index contributed by atoms with van der Waals surface area (Å²) in [6, 6.07) is 4.72. The van der Waals surface area contributed by atoms with Crippen LogP contribution >= 0.6 is 12.2 Å². The highest BCUT2D eigenvalue weighted by molar-refractivity contribution is 7.80. The molecule has 1 spiro atoms. The number of piperidine rings is 1. The zero-order chi connectivity index (χ0) is 19.5. The minimum Gasteiger partial charge on any atom is -0.481 e. The van der Waals surface area contributed by atoms with E-state index in [1.54, 1.807) is 7.11 Å². The van der Waals surface area contributed by atoms with Gasteiger partial charge in [0.15, 0.2) is 29.4 Å². The standard InChI is InChI=1S/C22H27NO4S/c1-4-18(28)26-17-8-6-14-15-11-13-5-7-16(25-12-24-3)20-19(13)22(14,21(17)27-20)9-10-23(15)2/h5-8,14-15,17,21H,4,9-12H2,1-3H3/t14-,15+,17-,21-,22-/m0/s1. The third-order valence-electron chi connectivity index (χ3n) is 7.00. The van der Waals surface area contributed by atoms with Crippen molar-refractivity contribution in [3.63, 3.8) is 0 Å². The average molecular weight is 402 g/mol. The van der Waals surface area contributed by atoms with E-state index in [4.69, 9.17) is 31.2 Å². The molecule has 0 N–H and O–H groups in total. The lowest BCUT2D eigenvalue weighted by molar-refractivity contribution is -0.0415. The van der Waals surface area contributed by atoms with Crippen molar-refractivity contribution in [2.45, 2.75) is 49.9 Å². The molecule has 2 bridgehead atoms. The van der Waals surface area contributed by atoms with Crippen LogP contribution in [0.4, 0.5) is 0 Å². The maximum absolute atomic E-state index is 6.67. The van der Waals surface area contributed by atoms with Gasteiger partial charge in [-0.05, 0) is 56.4 Å². The number of hydrogen-bond acceptors (Lipinski definition) is 6. The van der Waals surface area contributed by atoms with E-state index in [9.17, 15) is 0 Å². The Kier molecular flexibility index (Phi) is 4.41. The molecule has 1 aromatic carbocycles. The number of thiocarbonyl (C=S) groups is 1. The average Bonchev–Trinajstić information content (AvgIpc) is 3.06. The second kappa shape index (κ2) is 6.71. The van der Waals surface area contributed by atoms with E-state index in [-0.39, 0.29) is 24.4 Å². The highest BCUT2D eigenvalue weighted by atomic mass is 32.1. The number of likely N-dealkylation sites (tertiary alicyclic amines) is 1. The lowest BCUT2D eigenvalue weighted by Gasteiger charge is -2.56. The van der Waals surface area contributed by atoms with Gasteiger partial charge in [-0.15, -0.1) is 0 Å². The van der Waals surface area contributed by atoms with E-state index in [0.29, 0.717) is 17.0 Å². The SMILES string of the molecule is CCC(=S)O[C@H]1C=C[C@H]2[C@H]3Cc4ccc(OCOC)c5c4[C@@]2(CCN3C)[C@H]1O5. The van der Waals surface area contributed by atoms with E-state index in [0.717, 1.165) is 37.3 Å². The van der Waals surface area contributed by atoms with Crippen LogP contribution < -0.4 is 9.47 Å². The fourth-order valence-corrected chi connectivity index (χ4v) is 5.89. The van der Waals surface area contributed by atoms with Crippen molar-refractivity contribution in [3.8, 4) is 11.5 Å². The number of methoxy groups -OCH3 is 1. The van der Waals surface area contributed by atoms with E-state index in [1.807, 2.05) is 13.0 Å². The highest BCUT2D eigenvalue weighted by Crippen LogP contribution is 2.62. The first-order chi connectivity index (χ1) is 13.6. The summed E-state index contributed by atoms with van der Waals surface area (Å²) in [4.78, 5) is 2.51. The molecule has 1 fully saturated rings. The van der Waals surface area contributed by atoms with Crippen LogP contribution in [0.15, 0.2) is 24.3 Å². The monoisotopic (exact) mass is 401 g/mol. The quantitative estimate of drug-likeness (QED) is 0.429. The normalized spacial score (nSPS) is 34.5. The maximum Gasteiger partial charge on any atom is 0.188 e. The van der Waals surface area contributed by atoms with Crippen molar-refractivity contribution in [2.75, 3.05) is 27.5 Å². The second-order valence-corrected chi connectivity index (χ2v) is 8.73. The maximum atomic E-state index is 6.67. The van der Waals surface area contributed by atoms with E-state index < -0.39 is 0 Å². The van der Waals surface area contributed by atoms with Gasteiger partial charge >= 0.3 is 0 Å². The zero-order valence-electron chi connectivity index (χ0n) is 16.6. The highest BCUT2D eigenvalue weighted by Gasteiger charge is 2.65. The van der Waals surface area contributed by atoms with Crippen molar-refractivity contribution < 1.29 is 18.9 Å². The van der Waals surface area contributed by atoms with Crippen LogP contribution in [0.3, 0.4) is 0 Å². The number of hydrogen-bond donors (Lipinski definition) is 0. The molecule has 1 saturated heterocycles. The summed E-state index contributed by atoms with van der Waals surface area (Å²) in [6.45, 7) is 3.29. The predicted octanol–water partition coefficient (Wildman–Crippen LogP) is 3.24. The van der Waals surface area contributed by atoms with Gasteiger partial charge in [0, 0.05) is 36.5 Å². The molecule has 28 heavy (non-hydrogen) atoms.